The molecule has 0 aliphatic heterocycles. The Hall–Kier alpha value is -0.450. The average Bonchev–Trinajstić information content (AvgIpc) is 2.47. The fourth-order valence-electron chi connectivity index (χ4n) is 1.26. The lowest BCUT2D eigenvalue weighted by atomic mass is 9.90. The zero-order chi connectivity index (χ0) is 8.39. The molecule has 1 aliphatic carbocycles. The minimum Gasteiger partial charge on any atom is -0.373 e. The number of hydrogen-bond acceptors (Lipinski definition) is 4. The Morgan fingerprint density at radius 1 is 1.67 bits per heavy atom. The van der Waals surface area contributed by atoms with Crippen molar-refractivity contribution in [2.24, 2.45) is 5.73 Å². The van der Waals surface area contributed by atoms with Crippen molar-refractivity contribution in [2.45, 2.75) is 31.6 Å². The van der Waals surface area contributed by atoms with Crippen molar-refractivity contribution in [1.82, 2.24) is 4.98 Å². The predicted molar refractivity (Wildman–Crippen MR) is 47.9 cm³/mol. The SMILES string of the molecule is NC1CC(OCc2cncs2)C1. The summed E-state index contributed by atoms with van der Waals surface area (Å²) in [5, 5.41) is 0. The lowest BCUT2D eigenvalue weighted by Crippen LogP contribution is -2.41. The highest BCUT2D eigenvalue weighted by Gasteiger charge is 2.26. The van der Waals surface area contributed by atoms with Crippen LogP contribution in [-0.2, 0) is 11.3 Å². The molecule has 0 aromatic carbocycles. The van der Waals surface area contributed by atoms with Crippen molar-refractivity contribution in [1.29, 1.82) is 0 Å². The van der Waals surface area contributed by atoms with E-state index in [2.05, 4.69) is 4.98 Å². The molecule has 1 aliphatic rings. The van der Waals surface area contributed by atoms with Crippen molar-refractivity contribution in [3.8, 4) is 0 Å². The van der Waals surface area contributed by atoms with Gasteiger partial charge in [0.2, 0.25) is 0 Å². The number of rotatable bonds is 3. The smallest absolute Gasteiger partial charge is 0.0829 e. The Labute approximate surface area is 75.6 Å². The van der Waals surface area contributed by atoms with Gasteiger partial charge in [0.1, 0.15) is 0 Å². The van der Waals surface area contributed by atoms with Crippen molar-refractivity contribution in [2.75, 3.05) is 0 Å². The van der Waals surface area contributed by atoms with Crippen LogP contribution in [0.3, 0.4) is 0 Å². The highest BCUT2D eigenvalue weighted by molar-refractivity contribution is 7.09. The molecule has 4 heteroatoms. The molecule has 66 valence electrons. The summed E-state index contributed by atoms with van der Waals surface area (Å²) >= 11 is 1.63. The summed E-state index contributed by atoms with van der Waals surface area (Å²) in [5.41, 5.74) is 7.45. The second kappa shape index (κ2) is 3.51. The van der Waals surface area contributed by atoms with Crippen LogP contribution in [0.25, 0.3) is 0 Å². The van der Waals surface area contributed by atoms with Gasteiger partial charge in [0, 0.05) is 12.2 Å². The number of aromatic nitrogens is 1. The number of nitrogens with two attached hydrogens (primary N) is 1. The second-order valence-corrected chi connectivity index (χ2v) is 4.10. The fourth-order valence-corrected chi connectivity index (χ4v) is 1.77. The maximum Gasteiger partial charge on any atom is 0.0829 e. The number of nitrogens with zero attached hydrogens (tertiary/aromatic N) is 1. The van der Waals surface area contributed by atoms with Gasteiger partial charge in [-0.25, -0.2) is 0 Å². The summed E-state index contributed by atoms with van der Waals surface area (Å²) < 4.78 is 5.58. The molecule has 0 saturated heterocycles. The monoisotopic (exact) mass is 184 g/mol. The summed E-state index contributed by atoms with van der Waals surface area (Å²) in [5.74, 6) is 0. The van der Waals surface area contributed by atoms with Crippen LogP contribution >= 0.6 is 11.3 Å². The van der Waals surface area contributed by atoms with Crippen LogP contribution in [-0.4, -0.2) is 17.1 Å². The van der Waals surface area contributed by atoms with Gasteiger partial charge in [-0.2, -0.15) is 0 Å². The Kier molecular flexibility index (Phi) is 2.39. The molecule has 0 atom stereocenters. The third-order valence-corrected chi connectivity index (χ3v) is 2.83. The van der Waals surface area contributed by atoms with Gasteiger partial charge in [-0.1, -0.05) is 0 Å². The Morgan fingerprint density at radius 2 is 2.50 bits per heavy atom. The molecule has 2 rings (SSSR count). The highest BCUT2D eigenvalue weighted by Crippen LogP contribution is 2.22. The first-order chi connectivity index (χ1) is 5.84. The molecule has 0 bridgehead atoms. The summed E-state index contributed by atoms with van der Waals surface area (Å²) in [6.07, 6.45) is 4.27. The predicted octanol–water partition coefficient (Wildman–Crippen LogP) is 1.15. The maximum absolute atomic E-state index is 5.63. The third kappa shape index (κ3) is 1.83. The molecular weight excluding hydrogens is 172 g/mol. The molecule has 1 fully saturated rings. The first-order valence-electron chi connectivity index (χ1n) is 4.09. The summed E-state index contributed by atoms with van der Waals surface area (Å²) in [4.78, 5) is 5.16. The van der Waals surface area contributed by atoms with Gasteiger partial charge in [0.25, 0.3) is 0 Å². The molecule has 0 unspecified atom stereocenters. The Morgan fingerprint density at radius 3 is 3.08 bits per heavy atom. The van der Waals surface area contributed by atoms with Crippen LogP contribution in [0.1, 0.15) is 17.7 Å². The van der Waals surface area contributed by atoms with Crippen molar-refractivity contribution in [3.05, 3.63) is 16.6 Å². The molecule has 1 saturated carbocycles. The summed E-state index contributed by atoms with van der Waals surface area (Å²) in [7, 11) is 0. The molecule has 0 amide bonds. The molecule has 2 N–H and O–H groups in total. The van der Waals surface area contributed by atoms with E-state index in [0.717, 1.165) is 12.8 Å². The largest absolute Gasteiger partial charge is 0.373 e. The maximum atomic E-state index is 5.63. The highest BCUT2D eigenvalue weighted by atomic mass is 32.1. The molecule has 1 aromatic heterocycles. The molecular formula is C8H12N2OS. The van der Waals surface area contributed by atoms with Crippen molar-refractivity contribution >= 4 is 11.3 Å². The topological polar surface area (TPSA) is 48.1 Å². The standard InChI is InChI=1S/C8H12N2OS/c9-6-1-7(2-6)11-4-8-3-10-5-12-8/h3,5-7H,1-2,4,9H2. The summed E-state index contributed by atoms with van der Waals surface area (Å²) in [6, 6.07) is 0.372. The molecule has 0 radical (unpaired) electrons. The normalized spacial score (nSPS) is 28.4. The average molecular weight is 184 g/mol. The van der Waals surface area contributed by atoms with Crippen LogP contribution in [0.15, 0.2) is 11.7 Å². The second-order valence-electron chi connectivity index (χ2n) is 3.13. The molecule has 0 spiro atoms. The van der Waals surface area contributed by atoms with Crippen LogP contribution < -0.4 is 5.73 Å². The number of hydrogen-bond donors (Lipinski definition) is 1. The van der Waals surface area contributed by atoms with Crippen LogP contribution in [0.4, 0.5) is 0 Å². The van der Waals surface area contributed by atoms with E-state index < -0.39 is 0 Å². The van der Waals surface area contributed by atoms with Crippen LogP contribution in [0, 0.1) is 0 Å². The van der Waals surface area contributed by atoms with Gasteiger partial charge in [0.05, 0.1) is 23.1 Å². The van der Waals surface area contributed by atoms with Gasteiger partial charge in [-0.3, -0.25) is 4.98 Å². The van der Waals surface area contributed by atoms with E-state index in [0.29, 0.717) is 18.8 Å². The van der Waals surface area contributed by atoms with Gasteiger partial charge in [-0.15, -0.1) is 11.3 Å². The zero-order valence-electron chi connectivity index (χ0n) is 6.77. The van der Waals surface area contributed by atoms with E-state index in [1.54, 1.807) is 11.3 Å². The first kappa shape index (κ1) is 8.16. The van der Waals surface area contributed by atoms with Crippen molar-refractivity contribution < 1.29 is 4.74 Å². The van der Waals surface area contributed by atoms with Gasteiger partial charge in [0.15, 0.2) is 0 Å². The number of ether oxygens (including phenoxy) is 1. The fraction of sp³-hybridized carbons (Fsp3) is 0.625. The Balaban J connectivity index is 1.70. The molecule has 1 heterocycles. The van der Waals surface area contributed by atoms with E-state index in [1.165, 1.54) is 4.88 Å². The van der Waals surface area contributed by atoms with E-state index in [9.17, 15) is 0 Å². The zero-order valence-corrected chi connectivity index (χ0v) is 7.59. The van der Waals surface area contributed by atoms with Crippen molar-refractivity contribution in [3.63, 3.8) is 0 Å². The lowest BCUT2D eigenvalue weighted by Gasteiger charge is -2.31. The van der Waals surface area contributed by atoms with Crippen LogP contribution in [0.2, 0.25) is 0 Å². The van der Waals surface area contributed by atoms with E-state index >= 15 is 0 Å². The summed E-state index contributed by atoms with van der Waals surface area (Å²) in [6.45, 7) is 0.696. The van der Waals surface area contributed by atoms with Gasteiger partial charge < -0.3 is 10.5 Å². The molecule has 12 heavy (non-hydrogen) atoms. The van der Waals surface area contributed by atoms with Crippen LogP contribution in [0.5, 0.6) is 0 Å². The van der Waals surface area contributed by atoms with Gasteiger partial charge >= 0.3 is 0 Å². The lowest BCUT2D eigenvalue weighted by molar-refractivity contribution is -0.0177. The first-order valence-corrected chi connectivity index (χ1v) is 4.97. The Bertz CT molecular complexity index is 231. The molecule has 1 aromatic rings. The number of thiazole rings is 1. The van der Waals surface area contributed by atoms with E-state index in [1.807, 2.05) is 11.7 Å². The third-order valence-electron chi connectivity index (χ3n) is 2.08. The van der Waals surface area contributed by atoms with Gasteiger partial charge in [-0.05, 0) is 12.8 Å². The minimum absolute atomic E-state index is 0.372. The van der Waals surface area contributed by atoms with E-state index in [4.69, 9.17) is 10.5 Å². The molecule has 3 nitrogen and oxygen atoms in total. The minimum atomic E-state index is 0.372. The quantitative estimate of drug-likeness (QED) is 0.766. The van der Waals surface area contributed by atoms with E-state index in [-0.39, 0.29) is 0 Å².